The fraction of sp³-hybridized carbons (Fsp3) is 0.727. The maximum absolute atomic E-state index is 11.8. The molecule has 1 aliphatic rings. The van der Waals surface area contributed by atoms with Crippen LogP contribution >= 0.6 is 0 Å². The summed E-state index contributed by atoms with van der Waals surface area (Å²) in [4.78, 5) is 11.8. The van der Waals surface area contributed by atoms with E-state index in [1.54, 1.807) is 14.0 Å². The first-order valence-corrected chi connectivity index (χ1v) is 5.86. The lowest BCUT2D eigenvalue weighted by Gasteiger charge is -2.32. The Kier molecular flexibility index (Phi) is 3.54. The van der Waals surface area contributed by atoms with Gasteiger partial charge in [-0.1, -0.05) is 13.3 Å². The Hall–Kier alpha value is -1.27. The van der Waals surface area contributed by atoms with E-state index in [1.165, 1.54) is 4.68 Å². The van der Waals surface area contributed by atoms with Crippen LogP contribution in [0.1, 0.15) is 38.7 Å². The fourth-order valence-electron chi connectivity index (χ4n) is 1.66. The van der Waals surface area contributed by atoms with E-state index in [2.05, 4.69) is 12.0 Å². The molecule has 0 spiro atoms. The molecule has 2 rings (SSSR count). The second-order valence-electron chi connectivity index (χ2n) is 4.09. The second kappa shape index (κ2) is 4.93. The predicted octanol–water partition coefficient (Wildman–Crippen LogP) is 1.28. The minimum absolute atomic E-state index is 0.192. The molecule has 1 aromatic rings. The minimum Gasteiger partial charge on any atom is -0.486 e. The van der Waals surface area contributed by atoms with E-state index < -0.39 is 6.29 Å². The Balaban J connectivity index is 2.14. The molecule has 0 aromatic carbocycles. The van der Waals surface area contributed by atoms with E-state index in [4.69, 9.17) is 14.2 Å². The Morgan fingerprint density at radius 2 is 2.18 bits per heavy atom. The highest BCUT2D eigenvalue weighted by molar-refractivity contribution is 5.26. The van der Waals surface area contributed by atoms with Crippen LogP contribution in [0.4, 0.5) is 0 Å². The summed E-state index contributed by atoms with van der Waals surface area (Å²) in [6.07, 6.45) is 1.19. The van der Waals surface area contributed by atoms with Crippen LogP contribution in [0.3, 0.4) is 0 Å². The quantitative estimate of drug-likeness (QED) is 0.790. The number of aromatic amines is 1. The zero-order chi connectivity index (χ0) is 12.4. The molecule has 17 heavy (non-hydrogen) atoms. The highest BCUT2D eigenvalue weighted by Gasteiger charge is 2.34. The normalized spacial score (nSPS) is 23.5. The molecule has 1 aromatic heterocycles. The topological polar surface area (TPSA) is 65.5 Å². The average Bonchev–Trinajstić information content (AvgIpc) is 2.53. The molecule has 0 saturated carbocycles. The van der Waals surface area contributed by atoms with Crippen molar-refractivity contribution in [2.75, 3.05) is 6.61 Å². The van der Waals surface area contributed by atoms with Crippen LogP contribution in [0.25, 0.3) is 0 Å². The summed E-state index contributed by atoms with van der Waals surface area (Å²) >= 11 is 0. The van der Waals surface area contributed by atoms with Crippen molar-refractivity contribution in [3.8, 4) is 5.75 Å². The van der Waals surface area contributed by atoms with Crippen molar-refractivity contribution in [1.82, 2.24) is 9.78 Å². The third kappa shape index (κ3) is 2.37. The maximum atomic E-state index is 11.8. The van der Waals surface area contributed by atoms with Crippen molar-refractivity contribution in [2.24, 2.45) is 7.05 Å². The second-order valence-corrected chi connectivity index (χ2v) is 4.09. The first-order valence-electron chi connectivity index (χ1n) is 5.86. The van der Waals surface area contributed by atoms with Crippen LogP contribution < -0.4 is 10.3 Å². The van der Waals surface area contributed by atoms with Crippen LogP contribution in [-0.4, -0.2) is 22.7 Å². The van der Waals surface area contributed by atoms with Gasteiger partial charge in [-0.3, -0.25) is 14.6 Å². The Morgan fingerprint density at radius 3 is 2.76 bits per heavy atom. The summed E-state index contributed by atoms with van der Waals surface area (Å²) in [5.41, 5.74) is 0.370. The lowest BCUT2D eigenvalue weighted by Crippen LogP contribution is -2.32. The van der Waals surface area contributed by atoms with Gasteiger partial charge in [0.2, 0.25) is 12.0 Å². The minimum atomic E-state index is -0.518. The number of nitrogens with one attached hydrogen (secondary N) is 1. The molecule has 0 atom stereocenters. The van der Waals surface area contributed by atoms with Gasteiger partial charge in [-0.25, -0.2) is 0 Å². The lowest BCUT2D eigenvalue weighted by molar-refractivity contribution is -0.384. The van der Waals surface area contributed by atoms with Crippen molar-refractivity contribution in [3.63, 3.8) is 0 Å². The van der Waals surface area contributed by atoms with E-state index in [1.807, 2.05) is 0 Å². The number of aryl methyl sites for hydroxylation is 1. The average molecular weight is 242 g/mol. The summed E-state index contributed by atoms with van der Waals surface area (Å²) < 4.78 is 17.6. The van der Waals surface area contributed by atoms with Crippen LogP contribution in [-0.2, 0) is 16.5 Å². The van der Waals surface area contributed by atoms with Gasteiger partial charge in [-0.2, -0.15) is 0 Å². The monoisotopic (exact) mass is 242 g/mol. The molecule has 0 aliphatic carbocycles. The zero-order valence-corrected chi connectivity index (χ0v) is 10.4. The third-order valence-electron chi connectivity index (χ3n) is 2.64. The van der Waals surface area contributed by atoms with Crippen molar-refractivity contribution in [1.29, 1.82) is 0 Å². The number of ether oxygens (including phenoxy) is 3. The summed E-state index contributed by atoms with van der Waals surface area (Å²) in [5, 5.41) is 2.89. The number of H-pyrrole nitrogens is 1. The smallest absolute Gasteiger partial charge is 0.309 e. The number of hydrogen-bond acceptors (Lipinski definition) is 4. The van der Waals surface area contributed by atoms with E-state index in [0.717, 1.165) is 12.8 Å². The number of unbranched alkanes of at least 4 members (excludes halogenated alkanes) is 1. The van der Waals surface area contributed by atoms with Crippen molar-refractivity contribution in [3.05, 3.63) is 16.0 Å². The molecular weight excluding hydrogens is 224 g/mol. The molecule has 0 unspecified atom stereocenters. The van der Waals surface area contributed by atoms with E-state index in [9.17, 15) is 4.79 Å². The lowest BCUT2D eigenvalue weighted by atomic mass is 10.3. The summed E-state index contributed by atoms with van der Waals surface area (Å²) in [7, 11) is 1.64. The largest absolute Gasteiger partial charge is 0.486 e. The van der Waals surface area contributed by atoms with Gasteiger partial charge < -0.3 is 14.2 Å². The molecule has 1 fully saturated rings. The first-order chi connectivity index (χ1) is 8.13. The van der Waals surface area contributed by atoms with E-state index in [0.29, 0.717) is 18.1 Å². The SMILES string of the molecule is CCCCOc1c(C2OC(C)O2)[nH]n(C)c1=O. The molecular formula is C11H18N2O4. The van der Waals surface area contributed by atoms with Crippen molar-refractivity contribution < 1.29 is 14.2 Å². The summed E-state index contributed by atoms with van der Waals surface area (Å²) in [6.45, 7) is 4.40. The predicted molar refractivity (Wildman–Crippen MR) is 60.8 cm³/mol. The molecule has 0 amide bonds. The van der Waals surface area contributed by atoms with E-state index >= 15 is 0 Å². The highest BCUT2D eigenvalue weighted by atomic mass is 16.9. The van der Waals surface area contributed by atoms with Gasteiger partial charge in [0.15, 0.2) is 6.29 Å². The Bertz CT molecular complexity index is 431. The molecule has 1 saturated heterocycles. The summed E-state index contributed by atoms with van der Waals surface area (Å²) in [5.74, 6) is 0.304. The van der Waals surface area contributed by atoms with Crippen LogP contribution in [0.2, 0.25) is 0 Å². The molecule has 6 heteroatoms. The van der Waals surface area contributed by atoms with Crippen molar-refractivity contribution >= 4 is 0 Å². The molecule has 1 N–H and O–H groups in total. The standard InChI is InChI=1S/C11H18N2O4/c1-4-5-6-15-9-8(11-16-7(2)17-11)12-13(3)10(9)14/h7,11-12H,4-6H2,1-3H3. The number of rotatable bonds is 5. The maximum Gasteiger partial charge on any atom is 0.309 e. The first kappa shape index (κ1) is 12.2. The number of nitrogens with zero attached hydrogens (tertiary/aromatic N) is 1. The highest BCUT2D eigenvalue weighted by Crippen LogP contribution is 2.33. The Morgan fingerprint density at radius 1 is 1.47 bits per heavy atom. The van der Waals surface area contributed by atoms with Crippen LogP contribution in [0, 0.1) is 0 Å². The summed E-state index contributed by atoms with van der Waals surface area (Å²) in [6, 6.07) is 0. The van der Waals surface area contributed by atoms with Crippen molar-refractivity contribution in [2.45, 2.75) is 39.3 Å². The Labute approximate surface area is 99.5 Å². The van der Waals surface area contributed by atoms with Gasteiger partial charge in [0.25, 0.3) is 0 Å². The molecule has 96 valence electrons. The zero-order valence-electron chi connectivity index (χ0n) is 10.4. The third-order valence-corrected chi connectivity index (χ3v) is 2.64. The van der Waals surface area contributed by atoms with Crippen LogP contribution in [0.5, 0.6) is 5.75 Å². The number of aromatic nitrogens is 2. The van der Waals surface area contributed by atoms with Gasteiger partial charge in [0.1, 0.15) is 5.69 Å². The van der Waals surface area contributed by atoms with Gasteiger partial charge >= 0.3 is 5.56 Å². The molecule has 6 nitrogen and oxygen atoms in total. The van der Waals surface area contributed by atoms with Gasteiger partial charge in [-0.15, -0.1) is 0 Å². The van der Waals surface area contributed by atoms with Gasteiger partial charge in [0, 0.05) is 7.05 Å². The number of hydrogen-bond donors (Lipinski definition) is 1. The van der Waals surface area contributed by atoms with Gasteiger partial charge in [0.05, 0.1) is 6.61 Å². The van der Waals surface area contributed by atoms with Gasteiger partial charge in [-0.05, 0) is 13.3 Å². The van der Waals surface area contributed by atoms with E-state index in [-0.39, 0.29) is 11.8 Å². The molecule has 0 bridgehead atoms. The fourth-order valence-corrected chi connectivity index (χ4v) is 1.66. The van der Waals surface area contributed by atoms with Crippen LogP contribution in [0.15, 0.2) is 4.79 Å². The molecule has 1 aliphatic heterocycles. The molecule has 0 radical (unpaired) electrons. The molecule has 2 heterocycles.